The van der Waals surface area contributed by atoms with Crippen molar-refractivity contribution < 1.29 is 14.3 Å². The number of carbonyl (C=O) groups excluding carboxylic acids is 1. The Morgan fingerprint density at radius 1 is 1.03 bits per heavy atom. The van der Waals surface area contributed by atoms with Gasteiger partial charge in [0.25, 0.3) is 5.91 Å². The zero-order valence-corrected chi connectivity index (χ0v) is 19.4. The maximum atomic E-state index is 12.7. The third-order valence-electron chi connectivity index (χ3n) is 5.79. The number of halogens is 1. The molecule has 2 heterocycles. The lowest BCUT2D eigenvalue weighted by molar-refractivity contribution is 0.00331. The van der Waals surface area contributed by atoms with Crippen LogP contribution in [0.1, 0.15) is 27.7 Å². The molecule has 0 saturated carbocycles. The van der Waals surface area contributed by atoms with Crippen molar-refractivity contribution in [2.45, 2.75) is 12.7 Å². The van der Waals surface area contributed by atoms with E-state index in [1.807, 2.05) is 65.6 Å². The lowest BCUT2D eigenvalue weighted by Gasteiger charge is -2.36. The maximum Gasteiger partial charge on any atom is 0.272 e. The first kappa shape index (κ1) is 23.2. The summed E-state index contributed by atoms with van der Waals surface area (Å²) in [6, 6.07) is 21.1. The number of carbonyl (C=O) groups is 1. The Morgan fingerprint density at radius 2 is 1.82 bits per heavy atom. The van der Waals surface area contributed by atoms with Crippen molar-refractivity contribution in [2.24, 2.45) is 0 Å². The molecule has 1 saturated heterocycles. The van der Waals surface area contributed by atoms with Gasteiger partial charge < -0.3 is 14.4 Å². The van der Waals surface area contributed by atoms with Gasteiger partial charge in [0.1, 0.15) is 11.4 Å². The number of aromatic nitrogens is 1. The van der Waals surface area contributed by atoms with E-state index in [1.165, 1.54) is 0 Å². The van der Waals surface area contributed by atoms with Crippen LogP contribution in [0.2, 0.25) is 5.02 Å². The van der Waals surface area contributed by atoms with E-state index < -0.39 is 0 Å². The molecule has 0 aliphatic carbocycles. The third kappa shape index (κ3) is 6.32. The SMILES string of the molecule is COc1cccc(CO[C@@H](CN2CCN(C(=O)c3ccccn3)CC2)c2ccc(Cl)cc2)c1. The number of hydrogen-bond donors (Lipinski definition) is 0. The predicted molar refractivity (Wildman–Crippen MR) is 129 cm³/mol. The number of rotatable bonds is 8. The lowest BCUT2D eigenvalue weighted by Crippen LogP contribution is -2.49. The van der Waals surface area contributed by atoms with E-state index in [0.29, 0.717) is 30.4 Å². The Labute approximate surface area is 199 Å². The molecule has 0 unspecified atom stereocenters. The minimum absolute atomic E-state index is 0.0150. The van der Waals surface area contributed by atoms with E-state index in [-0.39, 0.29) is 12.0 Å². The highest BCUT2D eigenvalue weighted by Crippen LogP contribution is 2.24. The van der Waals surface area contributed by atoms with E-state index in [0.717, 1.165) is 36.5 Å². The molecular formula is C26H28ClN3O3. The standard InChI is InChI=1S/C26H28ClN3O3/c1-32-23-6-4-5-20(17-23)19-33-25(21-8-10-22(27)11-9-21)18-29-13-15-30(16-14-29)26(31)24-7-2-3-12-28-24/h2-12,17,25H,13-16,18-19H2,1H3/t25-/m0/s1. The molecule has 0 radical (unpaired) electrons. The van der Waals surface area contributed by atoms with Gasteiger partial charge in [0.15, 0.2) is 0 Å². The molecule has 6 nitrogen and oxygen atoms in total. The monoisotopic (exact) mass is 465 g/mol. The summed E-state index contributed by atoms with van der Waals surface area (Å²) in [4.78, 5) is 21.1. The fraction of sp³-hybridized carbons (Fsp3) is 0.308. The van der Waals surface area contributed by atoms with Crippen LogP contribution in [0, 0.1) is 0 Å². The van der Waals surface area contributed by atoms with Gasteiger partial charge in [0.05, 0.1) is 19.8 Å². The van der Waals surface area contributed by atoms with Crippen LogP contribution in [0.25, 0.3) is 0 Å². The number of nitrogens with zero attached hydrogens (tertiary/aromatic N) is 3. The van der Waals surface area contributed by atoms with Crippen LogP contribution in [0.5, 0.6) is 5.75 Å². The minimum atomic E-state index is -0.119. The Hall–Kier alpha value is -2.93. The van der Waals surface area contributed by atoms with Crippen LogP contribution in [-0.4, -0.2) is 60.5 Å². The molecule has 0 N–H and O–H groups in total. The summed E-state index contributed by atoms with van der Waals surface area (Å²) >= 11 is 6.10. The second-order valence-electron chi connectivity index (χ2n) is 8.01. The highest BCUT2D eigenvalue weighted by molar-refractivity contribution is 6.30. The van der Waals surface area contributed by atoms with Crippen molar-refractivity contribution in [3.05, 3.63) is 94.8 Å². The van der Waals surface area contributed by atoms with Crippen molar-refractivity contribution in [2.75, 3.05) is 39.8 Å². The Bertz CT molecular complexity index is 1040. The molecule has 33 heavy (non-hydrogen) atoms. The molecule has 0 bridgehead atoms. The highest BCUT2D eigenvalue weighted by Gasteiger charge is 2.25. The van der Waals surface area contributed by atoms with Crippen molar-refractivity contribution in [3.63, 3.8) is 0 Å². The maximum absolute atomic E-state index is 12.7. The summed E-state index contributed by atoms with van der Waals surface area (Å²) in [5, 5.41) is 0.701. The van der Waals surface area contributed by atoms with Crippen LogP contribution in [0.3, 0.4) is 0 Å². The molecule has 1 amide bonds. The summed E-state index contributed by atoms with van der Waals surface area (Å²) in [5.41, 5.74) is 2.62. The number of methoxy groups -OCH3 is 1. The predicted octanol–water partition coefficient (Wildman–Crippen LogP) is 4.46. The van der Waals surface area contributed by atoms with Crippen LogP contribution in [0.15, 0.2) is 72.9 Å². The van der Waals surface area contributed by atoms with E-state index >= 15 is 0 Å². The van der Waals surface area contributed by atoms with Gasteiger partial charge in [-0.25, -0.2) is 0 Å². The minimum Gasteiger partial charge on any atom is -0.497 e. The highest BCUT2D eigenvalue weighted by atomic mass is 35.5. The normalized spacial score (nSPS) is 15.3. The fourth-order valence-electron chi connectivity index (χ4n) is 3.91. The van der Waals surface area contributed by atoms with Gasteiger partial charge in [-0.3, -0.25) is 14.7 Å². The van der Waals surface area contributed by atoms with Crippen LogP contribution < -0.4 is 4.74 Å². The summed E-state index contributed by atoms with van der Waals surface area (Å²) < 4.78 is 11.7. The van der Waals surface area contributed by atoms with Gasteiger partial charge in [-0.1, -0.05) is 41.9 Å². The molecule has 1 atom stereocenters. The first-order chi connectivity index (χ1) is 16.1. The number of amides is 1. The quantitative estimate of drug-likeness (QED) is 0.491. The lowest BCUT2D eigenvalue weighted by atomic mass is 10.1. The number of ether oxygens (including phenoxy) is 2. The molecule has 4 rings (SSSR count). The van der Waals surface area contributed by atoms with Crippen molar-refractivity contribution in [1.29, 1.82) is 0 Å². The average Bonchev–Trinajstić information content (AvgIpc) is 2.87. The van der Waals surface area contributed by atoms with Crippen molar-refractivity contribution in [1.82, 2.24) is 14.8 Å². The van der Waals surface area contributed by atoms with Crippen LogP contribution in [0.4, 0.5) is 0 Å². The Balaban J connectivity index is 1.39. The summed E-state index contributed by atoms with van der Waals surface area (Å²) in [5.74, 6) is 0.798. The van der Waals surface area contributed by atoms with E-state index in [4.69, 9.17) is 21.1 Å². The molecule has 1 aliphatic heterocycles. The van der Waals surface area contributed by atoms with Crippen molar-refractivity contribution in [3.8, 4) is 5.75 Å². The molecule has 0 spiro atoms. The van der Waals surface area contributed by atoms with Gasteiger partial charge in [-0.15, -0.1) is 0 Å². The number of pyridine rings is 1. The van der Waals surface area contributed by atoms with Gasteiger partial charge in [-0.2, -0.15) is 0 Å². The van der Waals surface area contributed by atoms with Gasteiger partial charge in [-0.05, 0) is 47.5 Å². The average molecular weight is 466 g/mol. The topological polar surface area (TPSA) is 54.9 Å². The van der Waals surface area contributed by atoms with Gasteiger partial charge >= 0.3 is 0 Å². The zero-order chi connectivity index (χ0) is 23.0. The van der Waals surface area contributed by atoms with Crippen molar-refractivity contribution >= 4 is 17.5 Å². The molecule has 3 aromatic rings. The second-order valence-corrected chi connectivity index (χ2v) is 8.45. The Morgan fingerprint density at radius 3 is 2.52 bits per heavy atom. The third-order valence-corrected chi connectivity index (χ3v) is 6.05. The zero-order valence-electron chi connectivity index (χ0n) is 18.7. The number of benzene rings is 2. The molecule has 1 fully saturated rings. The smallest absolute Gasteiger partial charge is 0.272 e. The summed E-state index contributed by atoms with van der Waals surface area (Å²) in [7, 11) is 1.66. The molecular weight excluding hydrogens is 438 g/mol. The summed E-state index contributed by atoms with van der Waals surface area (Å²) in [6.07, 6.45) is 1.53. The number of piperazine rings is 1. The first-order valence-corrected chi connectivity index (χ1v) is 11.4. The van der Waals surface area contributed by atoms with E-state index in [1.54, 1.807) is 19.4 Å². The summed E-state index contributed by atoms with van der Waals surface area (Å²) in [6.45, 7) is 4.10. The molecule has 1 aromatic heterocycles. The van der Waals surface area contributed by atoms with E-state index in [9.17, 15) is 4.79 Å². The second kappa shape index (κ2) is 11.3. The van der Waals surface area contributed by atoms with Crippen LogP contribution >= 0.6 is 11.6 Å². The van der Waals surface area contributed by atoms with Gasteiger partial charge in [0, 0.05) is 43.9 Å². The Kier molecular flexibility index (Phi) is 7.94. The number of hydrogen-bond acceptors (Lipinski definition) is 5. The largest absolute Gasteiger partial charge is 0.497 e. The molecule has 7 heteroatoms. The van der Waals surface area contributed by atoms with Gasteiger partial charge in [0.2, 0.25) is 0 Å². The molecule has 2 aromatic carbocycles. The molecule has 172 valence electrons. The van der Waals surface area contributed by atoms with E-state index in [2.05, 4.69) is 9.88 Å². The fourth-order valence-corrected chi connectivity index (χ4v) is 4.04. The van der Waals surface area contributed by atoms with Crippen LogP contribution in [-0.2, 0) is 11.3 Å². The first-order valence-electron chi connectivity index (χ1n) is 11.0. The molecule has 1 aliphatic rings.